The summed E-state index contributed by atoms with van der Waals surface area (Å²) in [5.41, 5.74) is 1.21. The molecule has 2 amide bonds. The van der Waals surface area contributed by atoms with Crippen molar-refractivity contribution in [2.45, 2.75) is 20.4 Å². The second kappa shape index (κ2) is 10.6. The van der Waals surface area contributed by atoms with Crippen LogP contribution >= 0.6 is 11.6 Å². The van der Waals surface area contributed by atoms with Crippen molar-refractivity contribution in [2.75, 3.05) is 24.7 Å². The first-order chi connectivity index (χ1) is 14.1. The molecule has 2 aromatic carbocycles. The molecule has 0 saturated heterocycles. The summed E-state index contributed by atoms with van der Waals surface area (Å²) in [5.74, 6) is -0.587. The summed E-state index contributed by atoms with van der Waals surface area (Å²) in [6.07, 6.45) is 1.03. The first-order valence-corrected chi connectivity index (χ1v) is 11.7. The molecule has 0 spiro atoms. The van der Waals surface area contributed by atoms with Gasteiger partial charge in [-0.05, 0) is 29.7 Å². The number of nitrogens with zero attached hydrogens (tertiary/aromatic N) is 1. The number of benzene rings is 2. The second-order valence-electron chi connectivity index (χ2n) is 7.32. The maximum atomic E-state index is 12.6. The maximum Gasteiger partial charge on any atom is 0.253 e. The van der Waals surface area contributed by atoms with Crippen molar-refractivity contribution in [1.29, 1.82) is 0 Å². The second-order valence-corrected chi connectivity index (χ2v) is 9.71. The fourth-order valence-corrected chi connectivity index (χ4v) is 3.56. The van der Waals surface area contributed by atoms with Gasteiger partial charge >= 0.3 is 0 Å². The third-order valence-electron chi connectivity index (χ3n) is 4.21. The summed E-state index contributed by atoms with van der Waals surface area (Å²) in [6.45, 7) is 4.01. The van der Waals surface area contributed by atoms with Crippen molar-refractivity contribution < 1.29 is 18.0 Å². The number of halogens is 1. The highest BCUT2D eigenvalue weighted by atomic mass is 35.5. The minimum atomic E-state index is -3.68. The van der Waals surface area contributed by atoms with Crippen molar-refractivity contribution in [3.8, 4) is 0 Å². The Kier molecular flexibility index (Phi) is 8.40. The van der Waals surface area contributed by atoms with Gasteiger partial charge in [0, 0.05) is 18.1 Å². The monoisotopic (exact) mass is 451 g/mol. The zero-order chi connectivity index (χ0) is 22.3. The van der Waals surface area contributed by atoms with E-state index in [9.17, 15) is 18.0 Å². The van der Waals surface area contributed by atoms with Gasteiger partial charge in [-0.1, -0.05) is 55.8 Å². The third kappa shape index (κ3) is 7.12. The number of amides is 2. The SMILES string of the molecule is CC(C)CNC(=O)c1ccccc1NC(=O)CN(Cc1ccccc1Cl)S(C)(=O)=O. The first-order valence-electron chi connectivity index (χ1n) is 9.43. The minimum Gasteiger partial charge on any atom is -0.352 e. The van der Waals surface area contributed by atoms with E-state index < -0.39 is 22.5 Å². The fraction of sp³-hybridized carbons (Fsp3) is 0.333. The Labute approximate surface area is 182 Å². The van der Waals surface area contributed by atoms with Gasteiger partial charge in [-0.15, -0.1) is 0 Å². The molecule has 162 valence electrons. The number of carbonyl (C=O) groups is 2. The number of nitrogens with one attached hydrogen (secondary N) is 2. The average molecular weight is 452 g/mol. The quantitative estimate of drug-likeness (QED) is 0.612. The van der Waals surface area contributed by atoms with Gasteiger partial charge in [0.05, 0.1) is 24.1 Å². The van der Waals surface area contributed by atoms with Gasteiger partial charge in [-0.2, -0.15) is 4.31 Å². The number of para-hydroxylation sites is 1. The molecule has 2 N–H and O–H groups in total. The molecule has 0 aliphatic carbocycles. The Bertz CT molecular complexity index is 1010. The summed E-state index contributed by atoms with van der Waals surface area (Å²) in [6, 6.07) is 13.4. The van der Waals surface area contributed by atoms with Crippen molar-refractivity contribution in [3.05, 3.63) is 64.7 Å². The van der Waals surface area contributed by atoms with E-state index in [1.807, 2.05) is 13.8 Å². The highest BCUT2D eigenvalue weighted by Crippen LogP contribution is 2.19. The van der Waals surface area contributed by atoms with Gasteiger partial charge in [0.2, 0.25) is 15.9 Å². The van der Waals surface area contributed by atoms with E-state index in [2.05, 4.69) is 10.6 Å². The minimum absolute atomic E-state index is 0.0392. The highest BCUT2D eigenvalue weighted by molar-refractivity contribution is 7.88. The first kappa shape index (κ1) is 23.9. The lowest BCUT2D eigenvalue weighted by Crippen LogP contribution is -2.37. The summed E-state index contributed by atoms with van der Waals surface area (Å²) in [5, 5.41) is 5.86. The Hall–Kier alpha value is -2.42. The molecule has 0 fully saturated rings. The zero-order valence-electron chi connectivity index (χ0n) is 17.2. The molecule has 0 aliphatic heterocycles. The fourth-order valence-electron chi connectivity index (χ4n) is 2.64. The largest absolute Gasteiger partial charge is 0.352 e. The van der Waals surface area contributed by atoms with Crippen LogP contribution in [0.5, 0.6) is 0 Å². The van der Waals surface area contributed by atoms with E-state index in [-0.39, 0.29) is 18.4 Å². The van der Waals surface area contributed by atoms with Crippen LogP contribution in [0.4, 0.5) is 5.69 Å². The highest BCUT2D eigenvalue weighted by Gasteiger charge is 2.22. The molecule has 7 nitrogen and oxygen atoms in total. The van der Waals surface area contributed by atoms with Gasteiger partial charge in [-0.25, -0.2) is 8.42 Å². The van der Waals surface area contributed by atoms with Gasteiger partial charge in [-0.3, -0.25) is 9.59 Å². The number of carbonyl (C=O) groups excluding carboxylic acids is 2. The number of anilines is 1. The normalized spacial score (nSPS) is 11.5. The van der Waals surface area contributed by atoms with Gasteiger partial charge < -0.3 is 10.6 Å². The molecule has 2 aromatic rings. The number of hydrogen-bond donors (Lipinski definition) is 2. The predicted octanol–water partition coefficient (Wildman–Crippen LogP) is 3.13. The zero-order valence-corrected chi connectivity index (χ0v) is 18.8. The number of rotatable bonds is 9. The molecule has 0 aromatic heterocycles. The molecule has 0 atom stereocenters. The Morgan fingerprint density at radius 2 is 1.70 bits per heavy atom. The molecular formula is C21H26ClN3O4S. The van der Waals surface area contributed by atoms with Crippen molar-refractivity contribution >= 4 is 39.1 Å². The molecule has 30 heavy (non-hydrogen) atoms. The van der Waals surface area contributed by atoms with Crippen LogP contribution in [-0.2, 0) is 21.4 Å². The maximum absolute atomic E-state index is 12.6. The number of hydrogen-bond acceptors (Lipinski definition) is 4. The molecule has 0 unspecified atom stereocenters. The molecule has 0 bridgehead atoms. The summed E-state index contributed by atoms with van der Waals surface area (Å²) in [7, 11) is -3.68. The van der Waals surface area contributed by atoms with Crippen LogP contribution in [0.1, 0.15) is 29.8 Å². The summed E-state index contributed by atoms with van der Waals surface area (Å²) >= 11 is 6.13. The van der Waals surface area contributed by atoms with E-state index in [1.54, 1.807) is 48.5 Å². The molecule has 0 saturated carbocycles. The molecule has 0 radical (unpaired) electrons. The molecule has 0 aliphatic rings. The average Bonchev–Trinajstić information content (AvgIpc) is 2.67. The van der Waals surface area contributed by atoms with Crippen LogP contribution in [-0.4, -0.2) is 43.9 Å². The van der Waals surface area contributed by atoms with Crippen molar-refractivity contribution in [2.24, 2.45) is 5.92 Å². The third-order valence-corrected chi connectivity index (χ3v) is 5.78. The van der Waals surface area contributed by atoms with Crippen molar-refractivity contribution in [3.63, 3.8) is 0 Å². The van der Waals surface area contributed by atoms with E-state index in [0.29, 0.717) is 28.4 Å². The van der Waals surface area contributed by atoms with Crippen LogP contribution in [0.2, 0.25) is 5.02 Å². The van der Waals surface area contributed by atoms with Gasteiger partial charge in [0.15, 0.2) is 0 Å². The van der Waals surface area contributed by atoms with Gasteiger partial charge in [0.1, 0.15) is 0 Å². The lowest BCUT2D eigenvalue weighted by atomic mass is 10.1. The van der Waals surface area contributed by atoms with Crippen LogP contribution in [0, 0.1) is 5.92 Å². The van der Waals surface area contributed by atoms with E-state index in [0.717, 1.165) is 10.6 Å². The molecular weight excluding hydrogens is 426 g/mol. The lowest BCUT2D eigenvalue weighted by Gasteiger charge is -2.20. The number of sulfonamides is 1. The predicted molar refractivity (Wildman–Crippen MR) is 119 cm³/mol. The van der Waals surface area contributed by atoms with E-state index >= 15 is 0 Å². The van der Waals surface area contributed by atoms with E-state index in [4.69, 9.17) is 11.6 Å². The summed E-state index contributed by atoms with van der Waals surface area (Å²) in [4.78, 5) is 25.0. The molecule has 9 heteroatoms. The Balaban J connectivity index is 2.15. The van der Waals surface area contributed by atoms with Crippen molar-refractivity contribution in [1.82, 2.24) is 9.62 Å². The molecule has 2 rings (SSSR count). The van der Waals surface area contributed by atoms with Crippen LogP contribution in [0.3, 0.4) is 0 Å². The Morgan fingerprint density at radius 1 is 1.07 bits per heavy atom. The standard InChI is InChI=1S/C21H26ClN3O4S/c1-15(2)12-23-21(27)17-9-5-7-11-19(17)24-20(26)14-25(30(3,28)29)13-16-8-4-6-10-18(16)22/h4-11,15H,12-14H2,1-3H3,(H,23,27)(H,24,26). The Morgan fingerprint density at radius 3 is 2.33 bits per heavy atom. The van der Waals surface area contributed by atoms with Crippen LogP contribution in [0.15, 0.2) is 48.5 Å². The lowest BCUT2D eigenvalue weighted by molar-refractivity contribution is -0.116. The van der Waals surface area contributed by atoms with E-state index in [1.165, 1.54) is 0 Å². The van der Waals surface area contributed by atoms with Crippen LogP contribution in [0.25, 0.3) is 0 Å². The topological polar surface area (TPSA) is 95.6 Å². The van der Waals surface area contributed by atoms with Gasteiger partial charge in [0.25, 0.3) is 5.91 Å². The summed E-state index contributed by atoms with van der Waals surface area (Å²) < 4.78 is 25.4. The molecule has 0 heterocycles. The smallest absolute Gasteiger partial charge is 0.253 e. The van der Waals surface area contributed by atoms with Crippen LogP contribution < -0.4 is 10.6 Å².